The molecule has 0 aliphatic carbocycles. The zero-order chi connectivity index (χ0) is 14.0. The maximum atomic E-state index is 10.9. The van der Waals surface area contributed by atoms with Crippen LogP contribution in [-0.4, -0.2) is 45.3 Å². The first-order chi connectivity index (χ1) is 8.99. The van der Waals surface area contributed by atoms with Gasteiger partial charge in [0, 0.05) is 25.0 Å². The van der Waals surface area contributed by atoms with Crippen LogP contribution in [0.4, 0.5) is 9.59 Å². The number of carbonyl (C=O) groups is 2. The molecule has 0 fully saturated rings. The molecule has 19 heavy (non-hydrogen) atoms. The highest BCUT2D eigenvalue weighted by atomic mass is 16.4. The van der Waals surface area contributed by atoms with Crippen LogP contribution in [0.15, 0.2) is 47.3 Å². The normalized spacial score (nSPS) is 18.7. The zero-order valence-electron chi connectivity index (χ0n) is 10.4. The molecule has 0 bridgehead atoms. The van der Waals surface area contributed by atoms with E-state index in [1.807, 2.05) is 6.08 Å². The molecule has 2 rings (SSSR count). The Labute approximate surface area is 110 Å². The van der Waals surface area contributed by atoms with Crippen molar-refractivity contribution in [1.82, 2.24) is 9.80 Å². The maximum absolute atomic E-state index is 10.9. The van der Waals surface area contributed by atoms with Gasteiger partial charge < -0.3 is 10.2 Å². The van der Waals surface area contributed by atoms with E-state index < -0.39 is 12.2 Å². The molecule has 0 saturated carbocycles. The molecule has 6 heteroatoms. The Morgan fingerprint density at radius 2 is 1.79 bits per heavy atom. The largest absolute Gasteiger partial charge is 0.465 e. The first-order valence-corrected chi connectivity index (χ1v) is 5.76. The van der Waals surface area contributed by atoms with Gasteiger partial charge >= 0.3 is 12.2 Å². The van der Waals surface area contributed by atoms with E-state index in [-0.39, 0.29) is 0 Å². The van der Waals surface area contributed by atoms with Crippen LogP contribution in [0.2, 0.25) is 0 Å². The van der Waals surface area contributed by atoms with Crippen LogP contribution in [0.25, 0.3) is 0 Å². The minimum absolute atomic E-state index is 0.300. The number of hydrogen-bond acceptors (Lipinski definition) is 2. The van der Waals surface area contributed by atoms with Crippen molar-refractivity contribution in [2.24, 2.45) is 0 Å². The second kappa shape index (κ2) is 5.01. The summed E-state index contributed by atoms with van der Waals surface area (Å²) >= 11 is 0. The summed E-state index contributed by atoms with van der Waals surface area (Å²) in [5.74, 6) is 0. The molecule has 0 aromatic carbocycles. The molecule has 0 aromatic heterocycles. The Morgan fingerprint density at radius 1 is 1.11 bits per heavy atom. The van der Waals surface area contributed by atoms with Crippen LogP contribution >= 0.6 is 0 Å². The van der Waals surface area contributed by atoms with Crippen molar-refractivity contribution in [3.63, 3.8) is 0 Å². The van der Waals surface area contributed by atoms with Gasteiger partial charge in [-0.05, 0) is 30.2 Å². The summed E-state index contributed by atoms with van der Waals surface area (Å²) in [5.41, 5.74) is 2.47. The summed E-state index contributed by atoms with van der Waals surface area (Å²) in [6.07, 6.45) is 6.65. The minimum Gasteiger partial charge on any atom is -0.465 e. The van der Waals surface area contributed by atoms with Gasteiger partial charge in [0.05, 0.1) is 0 Å². The Morgan fingerprint density at radius 3 is 2.26 bits per heavy atom. The summed E-state index contributed by atoms with van der Waals surface area (Å²) in [6, 6.07) is 0. The molecule has 0 unspecified atom stereocenters. The van der Waals surface area contributed by atoms with Gasteiger partial charge in [0.15, 0.2) is 0 Å². The lowest BCUT2D eigenvalue weighted by Gasteiger charge is -2.24. The predicted molar refractivity (Wildman–Crippen MR) is 68.5 cm³/mol. The second-order valence-corrected chi connectivity index (χ2v) is 4.25. The first kappa shape index (κ1) is 12.9. The van der Waals surface area contributed by atoms with Crippen molar-refractivity contribution in [2.75, 3.05) is 13.1 Å². The van der Waals surface area contributed by atoms with E-state index >= 15 is 0 Å². The maximum Gasteiger partial charge on any atom is 0.411 e. The number of carboxylic acid groups (broad SMARTS) is 2. The lowest BCUT2D eigenvalue weighted by Crippen LogP contribution is -2.30. The molecular weight excluding hydrogens is 248 g/mol. The van der Waals surface area contributed by atoms with Gasteiger partial charge in [0.25, 0.3) is 0 Å². The molecule has 0 radical (unpaired) electrons. The van der Waals surface area contributed by atoms with E-state index in [1.54, 1.807) is 25.2 Å². The van der Waals surface area contributed by atoms with Gasteiger partial charge in [-0.2, -0.15) is 0 Å². The van der Waals surface area contributed by atoms with Crippen molar-refractivity contribution in [3.8, 4) is 0 Å². The van der Waals surface area contributed by atoms with Crippen molar-refractivity contribution >= 4 is 12.2 Å². The topological polar surface area (TPSA) is 81.1 Å². The van der Waals surface area contributed by atoms with Crippen molar-refractivity contribution < 1.29 is 19.8 Å². The highest BCUT2D eigenvalue weighted by Crippen LogP contribution is 2.23. The molecule has 2 heterocycles. The summed E-state index contributed by atoms with van der Waals surface area (Å²) in [7, 11) is 0. The lowest BCUT2D eigenvalue weighted by molar-refractivity contribution is 0.161. The molecule has 2 amide bonds. The highest BCUT2D eigenvalue weighted by Gasteiger charge is 2.19. The van der Waals surface area contributed by atoms with E-state index in [0.29, 0.717) is 18.8 Å². The van der Waals surface area contributed by atoms with E-state index in [0.717, 1.165) is 11.1 Å². The summed E-state index contributed by atoms with van der Waals surface area (Å²) in [4.78, 5) is 24.1. The van der Waals surface area contributed by atoms with Gasteiger partial charge in [-0.1, -0.05) is 12.2 Å². The molecule has 0 aromatic rings. The molecular formula is C13H14N2O4. The lowest BCUT2D eigenvalue weighted by atomic mass is 10.00. The van der Waals surface area contributed by atoms with E-state index in [2.05, 4.69) is 0 Å². The van der Waals surface area contributed by atoms with E-state index in [9.17, 15) is 9.59 Å². The average Bonchev–Trinajstić information content (AvgIpc) is 2.38. The Bertz CT molecular complexity index is 543. The molecule has 2 aliphatic heterocycles. The van der Waals surface area contributed by atoms with Crippen molar-refractivity contribution in [3.05, 3.63) is 47.3 Å². The third-order valence-electron chi connectivity index (χ3n) is 3.04. The van der Waals surface area contributed by atoms with E-state index in [1.165, 1.54) is 16.0 Å². The van der Waals surface area contributed by atoms with Gasteiger partial charge in [-0.25, -0.2) is 9.59 Å². The van der Waals surface area contributed by atoms with Crippen LogP contribution in [0.5, 0.6) is 0 Å². The van der Waals surface area contributed by atoms with Crippen LogP contribution in [0, 0.1) is 0 Å². The fourth-order valence-electron chi connectivity index (χ4n) is 1.98. The standard InChI is InChI=1S/C13H14N2O4/c1-9-8-11(4-7-15(9)13(18)19)10-2-5-14(6-3-10)12(16)17/h2-5,8H,6-7H2,1H3,(H,16,17)(H,18,19). The van der Waals surface area contributed by atoms with Gasteiger partial charge in [-0.3, -0.25) is 9.80 Å². The van der Waals surface area contributed by atoms with E-state index in [4.69, 9.17) is 10.2 Å². The number of hydrogen-bond donors (Lipinski definition) is 2. The summed E-state index contributed by atoms with van der Waals surface area (Å²) in [5, 5.41) is 17.8. The molecule has 0 atom stereocenters. The molecule has 0 spiro atoms. The van der Waals surface area contributed by atoms with Crippen LogP contribution in [-0.2, 0) is 0 Å². The van der Waals surface area contributed by atoms with Gasteiger partial charge in [0.1, 0.15) is 0 Å². The number of allylic oxidation sites excluding steroid dienone is 5. The fraction of sp³-hybridized carbons (Fsp3) is 0.231. The highest BCUT2D eigenvalue weighted by molar-refractivity contribution is 5.70. The molecule has 6 nitrogen and oxygen atoms in total. The predicted octanol–water partition coefficient (Wildman–Crippen LogP) is 2.24. The van der Waals surface area contributed by atoms with Crippen molar-refractivity contribution in [1.29, 1.82) is 0 Å². The quantitative estimate of drug-likeness (QED) is 0.759. The minimum atomic E-state index is -0.993. The third-order valence-corrected chi connectivity index (χ3v) is 3.04. The SMILES string of the molecule is CC1=CC(C2=CCN(C(=O)O)C=C2)=CCN1C(=O)O. The summed E-state index contributed by atoms with van der Waals surface area (Å²) in [6.45, 7) is 2.34. The smallest absolute Gasteiger partial charge is 0.411 e. The van der Waals surface area contributed by atoms with Crippen LogP contribution in [0.1, 0.15) is 6.92 Å². The fourth-order valence-corrected chi connectivity index (χ4v) is 1.98. The van der Waals surface area contributed by atoms with Crippen LogP contribution < -0.4 is 0 Å². The second-order valence-electron chi connectivity index (χ2n) is 4.25. The van der Waals surface area contributed by atoms with Crippen molar-refractivity contribution in [2.45, 2.75) is 6.92 Å². The Balaban J connectivity index is 2.12. The third kappa shape index (κ3) is 2.67. The monoisotopic (exact) mass is 262 g/mol. The molecule has 100 valence electrons. The molecule has 2 N–H and O–H groups in total. The molecule has 0 saturated heterocycles. The Kier molecular flexibility index (Phi) is 3.41. The summed E-state index contributed by atoms with van der Waals surface area (Å²) < 4.78 is 0. The zero-order valence-corrected chi connectivity index (χ0v) is 10.4. The number of nitrogens with zero attached hydrogens (tertiary/aromatic N) is 2. The van der Waals surface area contributed by atoms with Crippen LogP contribution in [0.3, 0.4) is 0 Å². The van der Waals surface area contributed by atoms with Gasteiger partial charge in [0.2, 0.25) is 0 Å². The number of amides is 2. The molecule has 2 aliphatic rings. The first-order valence-electron chi connectivity index (χ1n) is 5.76. The Hall–Kier alpha value is -2.50. The van der Waals surface area contributed by atoms with Gasteiger partial charge in [-0.15, -0.1) is 0 Å². The number of rotatable bonds is 1. The average molecular weight is 262 g/mol.